The maximum atomic E-state index is 11.6. The van der Waals surface area contributed by atoms with Gasteiger partial charge in [-0.25, -0.2) is 8.42 Å². The number of nitrogens with zero attached hydrogens (tertiary/aromatic N) is 2. The van der Waals surface area contributed by atoms with Crippen LogP contribution in [0.15, 0.2) is 18.5 Å². The summed E-state index contributed by atoms with van der Waals surface area (Å²) in [5.41, 5.74) is 2.18. The van der Waals surface area contributed by atoms with E-state index in [-0.39, 0.29) is 11.8 Å². The Labute approximate surface area is 114 Å². The summed E-state index contributed by atoms with van der Waals surface area (Å²) >= 11 is 0. The molecule has 0 aromatic carbocycles. The Morgan fingerprint density at radius 2 is 2.32 bits per heavy atom. The third kappa shape index (κ3) is 3.45. The third-order valence-corrected chi connectivity index (χ3v) is 5.33. The molecule has 6 heteroatoms. The van der Waals surface area contributed by atoms with E-state index < -0.39 is 9.84 Å². The summed E-state index contributed by atoms with van der Waals surface area (Å²) in [5, 5.41) is 3.28. The molecule has 1 aromatic heterocycles. The van der Waals surface area contributed by atoms with Gasteiger partial charge >= 0.3 is 0 Å². The molecule has 0 amide bonds. The fourth-order valence-corrected chi connectivity index (χ4v) is 4.21. The SMILES string of the molecule is CCNCc1cnccc1N(C)C1CCS(=O)(=O)C1. The molecule has 1 aliphatic rings. The minimum Gasteiger partial charge on any atom is -0.370 e. The highest BCUT2D eigenvalue weighted by Gasteiger charge is 2.31. The summed E-state index contributed by atoms with van der Waals surface area (Å²) in [7, 11) is -0.883. The number of pyridine rings is 1. The molecule has 2 heterocycles. The van der Waals surface area contributed by atoms with Crippen molar-refractivity contribution in [1.82, 2.24) is 10.3 Å². The van der Waals surface area contributed by atoms with E-state index in [4.69, 9.17) is 0 Å². The van der Waals surface area contributed by atoms with Crippen LogP contribution in [0.5, 0.6) is 0 Å². The van der Waals surface area contributed by atoms with Gasteiger partial charge < -0.3 is 10.2 Å². The fraction of sp³-hybridized carbons (Fsp3) is 0.615. The molecule has 1 aromatic rings. The normalized spacial score (nSPS) is 21.5. The quantitative estimate of drug-likeness (QED) is 0.866. The van der Waals surface area contributed by atoms with Gasteiger partial charge in [-0.1, -0.05) is 6.92 Å². The molecule has 0 bridgehead atoms. The van der Waals surface area contributed by atoms with E-state index in [1.54, 1.807) is 6.20 Å². The molecule has 1 unspecified atom stereocenters. The lowest BCUT2D eigenvalue weighted by Gasteiger charge is -2.27. The minimum atomic E-state index is -2.85. The molecule has 1 aliphatic heterocycles. The molecule has 106 valence electrons. The van der Waals surface area contributed by atoms with Crippen LogP contribution in [-0.2, 0) is 16.4 Å². The second-order valence-electron chi connectivity index (χ2n) is 4.95. The number of anilines is 1. The van der Waals surface area contributed by atoms with Crippen molar-refractivity contribution in [3.8, 4) is 0 Å². The smallest absolute Gasteiger partial charge is 0.152 e. The molecular formula is C13H21N3O2S. The molecule has 2 rings (SSSR count). The lowest BCUT2D eigenvalue weighted by Crippen LogP contribution is -2.33. The van der Waals surface area contributed by atoms with Crippen molar-refractivity contribution < 1.29 is 8.42 Å². The van der Waals surface area contributed by atoms with Gasteiger partial charge in [-0.05, 0) is 19.0 Å². The maximum absolute atomic E-state index is 11.6. The Balaban J connectivity index is 2.17. The van der Waals surface area contributed by atoms with Gasteiger partial charge in [-0.3, -0.25) is 4.98 Å². The monoisotopic (exact) mass is 283 g/mol. The summed E-state index contributed by atoms with van der Waals surface area (Å²) in [5.74, 6) is 0.558. The molecule has 19 heavy (non-hydrogen) atoms. The average Bonchev–Trinajstić information content (AvgIpc) is 2.76. The summed E-state index contributed by atoms with van der Waals surface area (Å²) in [4.78, 5) is 6.23. The van der Waals surface area contributed by atoms with Crippen molar-refractivity contribution in [2.45, 2.75) is 25.9 Å². The van der Waals surface area contributed by atoms with Crippen molar-refractivity contribution in [1.29, 1.82) is 0 Å². The van der Waals surface area contributed by atoms with E-state index in [0.717, 1.165) is 24.3 Å². The Morgan fingerprint density at radius 3 is 2.95 bits per heavy atom. The first-order chi connectivity index (χ1) is 9.03. The number of aromatic nitrogens is 1. The number of hydrogen-bond acceptors (Lipinski definition) is 5. The van der Waals surface area contributed by atoms with Crippen LogP contribution in [0.2, 0.25) is 0 Å². The van der Waals surface area contributed by atoms with E-state index in [1.807, 2.05) is 19.3 Å². The van der Waals surface area contributed by atoms with Crippen LogP contribution in [0.25, 0.3) is 0 Å². The topological polar surface area (TPSA) is 62.3 Å². The molecule has 1 saturated heterocycles. The fourth-order valence-electron chi connectivity index (χ4n) is 2.44. The maximum Gasteiger partial charge on any atom is 0.152 e. The van der Waals surface area contributed by atoms with Crippen LogP contribution in [0.1, 0.15) is 18.9 Å². The van der Waals surface area contributed by atoms with Crippen molar-refractivity contribution in [2.24, 2.45) is 0 Å². The second kappa shape index (κ2) is 5.88. The number of nitrogens with one attached hydrogen (secondary N) is 1. The molecule has 1 atom stereocenters. The predicted molar refractivity (Wildman–Crippen MR) is 77.1 cm³/mol. The molecule has 0 aliphatic carbocycles. The van der Waals surface area contributed by atoms with Gasteiger partial charge in [0.2, 0.25) is 0 Å². The van der Waals surface area contributed by atoms with Crippen LogP contribution in [0.3, 0.4) is 0 Å². The van der Waals surface area contributed by atoms with E-state index in [2.05, 4.69) is 22.1 Å². The van der Waals surface area contributed by atoms with Gasteiger partial charge in [-0.15, -0.1) is 0 Å². The third-order valence-electron chi connectivity index (χ3n) is 3.58. The number of hydrogen-bond donors (Lipinski definition) is 1. The van der Waals surface area contributed by atoms with Crippen LogP contribution >= 0.6 is 0 Å². The van der Waals surface area contributed by atoms with Crippen LogP contribution in [-0.4, -0.2) is 44.5 Å². The molecule has 5 nitrogen and oxygen atoms in total. The first-order valence-corrected chi connectivity index (χ1v) is 8.42. The predicted octanol–water partition coefficient (Wildman–Crippen LogP) is 0.814. The number of sulfone groups is 1. The largest absolute Gasteiger partial charge is 0.370 e. The van der Waals surface area contributed by atoms with Gasteiger partial charge in [0.15, 0.2) is 9.84 Å². The summed E-state index contributed by atoms with van der Waals surface area (Å²) < 4.78 is 23.2. The summed E-state index contributed by atoms with van der Waals surface area (Å²) in [6, 6.07) is 2.03. The van der Waals surface area contributed by atoms with Gasteiger partial charge in [0.25, 0.3) is 0 Å². The Kier molecular flexibility index (Phi) is 4.42. The Bertz CT molecular complexity index is 530. The average molecular weight is 283 g/mol. The van der Waals surface area contributed by atoms with Crippen molar-refractivity contribution in [2.75, 3.05) is 30.0 Å². The molecule has 0 saturated carbocycles. The first kappa shape index (κ1) is 14.3. The number of rotatable bonds is 5. The van der Waals surface area contributed by atoms with E-state index >= 15 is 0 Å². The van der Waals surface area contributed by atoms with Crippen LogP contribution in [0.4, 0.5) is 5.69 Å². The summed E-state index contributed by atoms with van der Waals surface area (Å²) in [6.45, 7) is 3.71. The van der Waals surface area contributed by atoms with Gasteiger partial charge in [-0.2, -0.15) is 0 Å². The first-order valence-electron chi connectivity index (χ1n) is 6.60. The van der Waals surface area contributed by atoms with Crippen molar-refractivity contribution >= 4 is 15.5 Å². The zero-order chi connectivity index (χ0) is 13.9. The molecule has 0 spiro atoms. The van der Waals surface area contributed by atoms with E-state index in [9.17, 15) is 8.42 Å². The van der Waals surface area contributed by atoms with E-state index in [0.29, 0.717) is 12.2 Å². The lowest BCUT2D eigenvalue weighted by atomic mass is 10.1. The molecule has 1 fully saturated rings. The molecule has 1 N–H and O–H groups in total. The standard InChI is InChI=1S/C13H21N3O2S/c1-3-14-8-11-9-15-6-4-13(11)16(2)12-5-7-19(17,18)10-12/h4,6,9,12,14H,3,5,7-8,10H2,1-2H3. The molecular weight excluding hydrogens is 262 g/mol. The van der Waals surface area contributed by atoms with Crippen molar-refractivity contribution in [3.63, 3.8) is 0 Å². The van der Waals surface area contributed by atoms with Gasteiger partial charge in [0, 0.05) is 43.3 Å². The highest BCUT2D eigenvalue weighted by molar-refractivity contribution is 7.91. The zero-order valence-electron chi connectivity index (χ0n) is 11.5. The molecule has 0 radical (unpaired) electrons. The Morgan fingerprint density at radius 1 is 1.53 bits per heavy atom. The van der Waals surface area contributed by atoms with E-state index in [1.165, 1.54) is 0 Å². The van der Waals surface area contributed by atoms with Crippen molar-refractivity contribution in [3.05, 3.63) is 24.0 Å². The highest BCUT2D eigenvalue weighted by atomic mass is 32.2. The Hall–Kier alpha value is -1.14. The lowest BCUT2D eigenvalue weighted by molar-refractivity contribution is 0.600. The zero-order valence-corrected chi connectivity index (χ0v) is 12.3. The highest BCUT2D eigenvalue weighted by Crippen LogP contribution is 2.25. The van der Waals surface area contributed by atoms with Gasteiger partial charge in [0.1, 0.15) is 0 Å². The summed E-state index contributed by atoms with van der Waals surface area (Å²) in [6.07, 6.45) is 4.31. The second-order valence-corrected chi connectivity index (χ2v) is 7.18. The van der Waals surface area contributed by atoms with Crippen LogP contribution < -0.4 is 10.2 Å². The minimum absolute atomic E-state index is 0.0766. The van der Waals surface area contributed by atoms with Crippen LogP contribution in [0, 0.1) is 0 Å². The van der Waals surface area contributed by atoms with Gasteiger partial charge in [0.05, 0.1) is 11.5 Å².